The largest absolute Gasteiger partial charge is 0.490 e. The lowest BCUT2D eigenvalue weighted by atomic mass is 10.1. The van der Waals surface area contributed by atoms with E-state index in [0.717, 1.165) is 22.7 Å². The van der Waals surface area contributed by atoms with Crippen molar-refractivity contribution in [1.82, 2.24) is 0 Å². The van der Waals surface area contributed by atoms with Crippen molar-refractivity contribution in [2.24, 2.45) is 5.73 Å². The van der Waals surface area contributed by atoms with Crippen molar-refractivity contribution < 1.29 is 14.3 Å². The van der Waals surface area contributed by atoms with Crippen LogP contribution >= 0.6 is 0 Å². The summed E-state index contributed by atoms with van der Waals surface area (Å²) in [5.74, 6) is 1.08. The summed E-state index contributed by atoms with van der Waals surface area (Å²) in [4.78, 5) is 11.1. The molecule has 5 nitrogen and oxygen atoms in total. The van der Waals surface area contributed by atoms with Crippen LogP contribution in [-0.4, -0.2) is 19.1 Å². The highest BCUT2D eigenvalue weighted by atomic mass is 16.5. The van der Waals surface area contributed by atoms with Crippen LogP contribution in [0.1, 0.15) is 29.8 Å². The van der Waals surface area contributed by atoms with Gasteiger partial charge in [0.05, 0.1) is 13.2 Å². The minimum absolute atomic E-state index is 0.426. The molecule has 0 radical (unpaired) electrons. The number of hydrogen-bond acceptors (Lipinski definition) is 4. The third-order valence-corrected chi connectivity index (χ3v) is 3.27. The third kappa shape index (κ3) is 4.64. The van der Waals surface area contributed by atoms with Crippen LogP contribution in [0, 0.1) is 0 Å². The van der Waals surface area contributed by atoms with Gasteiger partial charge < -0.3 is 20.5 Å². The fourth-order valence-electron chi connectivity index (χ4n) is 2.16. The van der Waals surface area contributed by atoms with Crippen LogP contribution in [0.15, 0.2) is 42.5 Å². The van der Waals surface area contributed by atoms with Gasteiger partial charge in [0, 0.05) is 17.8 Å². The van der Waals surface area contributed by atoms with Crippen LogP contribution in [0.2, 0.25) is 0 Å². The number of primary amides is 1. The van der Waals surface area contributed by atoms with E-state index in [1.807, 2.05) is 44.2 Å². The van der Waals surface area contributed by atoms with Crippen molar-refractivity contribution in [3.8, 4) is 11.5 Å². The van der Waals surface area contributed by atoms with Crippen LogP contribution in [0.5, 0.6) is 11.5 Å². The summed E-state index contributed by atoms with van der Waals surface area (Å²) in [6.07, 6.45) is 0. The number of rotatable bonds is 8. The maximum absolute atomic E-state index is 11.1. The number of carbonyl (C=O) groups excluding carboxylic acids is 1. The second-order valence-corrected chi connectivity index (χ2v) is 4.94. The first-order chi connectivity index (χ1) is 11.1. The van der Waals surface area contributed by atoms with Crippen LogP contribution in [-0.2, 0) is 6.54 Å². The summed E-state index contributed by atoms with van der Waals surface area (Å²) < 4.78 is 11.2. The Labute approximate surface area is 136 Å². The van der Waals surface area contributed by atoms with E-state index >= 15 is 0 Å². The lowest BCUT2D eigenvalue weighted by Crippen LogP contribution is -2.10. The zero-order chi connectivity index (χ0) is 16.7. The number of carbonyl (C=O) groups is 1. The average Bonchev–Trinajstić information content (AvgIpc) is 2.56. The maximum Gasteiger partial charge on any atom is 0.248 e. The predicted octanol–water partition coefficient (Wildman–Crippen LogP) is 3.20. The van der Waals surface area contributed by atoms with Crippen LogP contribution in [0.3, 0.4) is 0 Å². The minimum atomic E-state index is -0.426. The van der Waals surface area contributed by atoms with Crippen LogP contribution < -0.4 is 20.5 Å². The predicted molar refractivity (Wildman–Crippen MR) is 91.1 cm³/mol. The van der Waals surface area contributed by atoms with Gasteiger partial charge in [-0.3, -0.25) is 4.79 Å². The molecular formula is C18H22N2O3. The molecule has 3 N–H and O–H groups in total. The summed E-state index contributed by atoms with van der Waals surface area (Å²) in [7, 11) is 0. The molecule has 122 valence electrons. The zero-order valence-electron chi connectivity index (χ0n) is 13.5. The highest BCUT2D eigenvalue weighted by molar-refractivity contribution is 5.93. The number of hydrogen-bond donors (Lipinski definition) is 2. The summed E-state index contributed by atoms with van der Waals surface area (Å²) in [6.45, 7) is 5.72. The molecule has 0 aliphatic carbocycles. The molecule has 0 aromatic heterocycles. The van der Waals surface area contributed by atoms with Crippen molar-refractivity contribution >= 4 is 11.6 Å². The van der Waals surface area contributed by atoms with E-state index in [2.05, 4.69) is 5.32 Å². The Bertz CT molecular complexity index is 654. The van der Waals surface area contributed by atoms with Gasteiger partial charge in [0.2, 0.25) is 5.91 Å². The normalized spacial score (nSPS) is 10.2. The van der Waals surface area contributed by atoms with Crippen molar-refractivity contribution in [3.05, 3.63) is 53.6 Å². The molecule has 0 aliphatic heterocycles. The van der Waals surface area contributed by atoms with Gasteiger partial charge in [0.1, 0.15) is 0 Å². The quantitative estimate of drug-likeness (QED) is 0.785. The zero-order valence-corrected chi connectivity index (χ0v) is 13.5. The third-order valence-electron chi connectivity index (χ3n) is 3.27. The molecular weight excluding hydrogens is 292 g/mol. The van der Waals surface area contributed by atoms with E-state index in [1.165, 1.54) is 0 Å². The molecule has 2 aromatic rings. The summed E-state index contributed by atoms with van der Waals surface area (Å²) in [6, 6.07) is 13.0. The Kier molecular flexibility index (Phi) is 5.86. The van der Waals surface area contributed by atoms with Gasteiger partial charge >= 0.3 is 0 Å². The number of amides is 1. The molecule has 1 amide bonds. The topological polar surface area (TPSA) is 73.6 Å². The molecule has 5 heteroatoms. The van der Waals surface area contributed by atoms with Crippen molar-refractivity contribution in [1.29, 1.82) is 0 Å². The van der Waals surface area contributed by atoms with Crippen LogP contribution in [0.25, 0.3) is 0 Å². The number of nitrogens with one attached hydrogen (secondary N) is 1. The summed E-state index contributed by atoms with van der Waals surface area (Å²) in [5, 5.41) is 3.30. The van der Waals surface area contributed by atoms with Gasteiger partial charge in [-0.15, -0.1) is 0 Å². The molecule has 0 bridgehead atoms. The van der Waals surface area contributed by atoms with Crippen molar-refractivity contribution in [2.45, 2.75) is 20.4 Å². The van der Waals surface area contributed by atoms with Gasteiger partial charge in [-0.25, -0.2) is 0 Å². The molecule has 0 unspecified atom stereocenters. The van der Waals surface area contributed by atoms with E-state index in [0.29, 0.717) is 25.3 Å². The monoisotopic (exact) mass is 314 g/mol. The average molecular weight is 314 g/mol. The SMILES string of the molecule is CCOc1ccc(CNc2ccc(C(N)=O)cc2)cc1OCC. The smallest absolute Gasteiger partial charge is 0.248 e. The van der Waals surface area contributed by atoms with Gasteiger partial charge in [-0.2, -0.15) is 0 Å². The molecule has 0 aliphatic rings. The Hall–Kier alpha value is -2.69. The van der Waals surface area contributed by atoms with Crippen LogP contribution in [0.4, 0.5) is 5.69 Å². The molecule has 0 fully saturated rings. The Balaban J connectivity index is 2.04. The fourth-order valence-corrected chi connectivity index (χ4v) is 2.16. The number of nitrogens with two attached hydrogens (primary N) is 1. The highest BCUT2D eigenvalue weighted by Gasteiger charge is 2.06. The number of benzene rings is 2. The van der Waals surface area contributed by atoms with Gasteiger partial charge in [-0.1, -0.05) is 6.07 Å². The van der Waals surface area contributed by atoms with Crippen molar-refractivity contribution in [2.75, 3.05) is 18.5 Å². The molecule has 0 saturated heterocycles. The maximum atomic E-state index is 11.1. The lowest BCUT2D eigenvalue weighted by Gasteiger charge is -2.13. The molecule has 0 heterocycles. The molecule has 0 atom stereocenters. The summed E-state index contributed by atoms with van der Waals surface area (Å²) >= 11 is 0. The Morgan fingerprint density at radius 3 is 2.26 bits per heavy atom. The van der Waals surface area contributed by atoms with Gasteiger partial charge in [0.25, 0.3) is 0 Å². The fraction of sp³-hybridized carbons (Fsp3) is 0.278. The molecule has 2 rings (SSSR count). The lowest BCUT2D eigenvalue weighted by molar-refractivity contribution is 0.100. The van der Waals surface area contributed by atoms with E-state index < -0.39 is 5.91 Å². The summed E-state index contributed by atoms with van der Waals surface area (Å²) in [5.41, 5.74) is 7.72. The molecule has 0 spiro atoms. The number of anilines is 1. The van der Waals surface area contributed by atoms with Gasteiger partial charge in [0.15, 0.2) is 11.5 Å². The number of ether oxygens (including phenoxy) is 2. The first kappa shape index (κ1) is 16.7. The molecule has 23 heavy (non-hydrogen) atoms. The second-order valence-electron chi connectivity index (χ2n) is 4.94. The van der Waals surface area contributed by atoms with E-state index in [1.54, 1.807) is 12.1 Å². The second kappa shape index (κ2) is 8.08. The Morgan fingerprint density at radius 2 is 1.65 bits per heavy atom. The molecule has 2 aromatic carbocycles. The van der Waals surface area contributed by atoms with E-state index in [9.17, 15) is 4.79 Å². The molecule has 0 saturated carbocycles. The standard InChI is InChI=1S/C18H22N2O3/c1-3-22-16-10-5-13(11-17(16)23-4-2)12-20-15-8-6-14(7-9-15)18(19)21/h5-11,20H,3-4,12H2,1-2H3,(H2,19,21). The van der Waals surface area contributed by atoms with E-state index in [4.69, 9.17) is 15.2 Å². The van der Waals surface area contributed by atoms with Gasteiger partial charge in [-0.05, 0) is 55.8 Å². The minimum Gasteiger partial charge on any atom is -0.490 e. The van der Waals surface area contributed by atoms with Crippen molar-refractivity contribution in [3.63, 3.8) is 0 Å². The first-order valence-electron chi connectivity index (χ1n) is 7.66. The Morgan fingerprint density at radius 1 is 1.00 bits per heavy atom. The highest BCUT2D eigenvalue weighted by Crippen LogP contribution is 2.28. The van der Waals surface area contributed by atoms with E-state index in [-0.39, 0.29) is 0 Å². The first-order valence-corrected chi connectivity index (χ1v) is 7.66.